The topological polar surface area (TPSA) is 105 Å². The number of anilines is 2. The third kappa shape index (κ3) is 7.15. The van der Waals surface area contributed by atoms with Gasteiger partial charge in [-0.15, -0.1) is 0 Å². The highest BCUT2D eigenvalue weighted by molar-refractivity contribution is 6.03. The molecule has 3 aromatic rings. The molecule has 0 spiro atoms. The first-order chi connectivity index (χ1) is 19.8. The highest BCUT2D eigenvalue weighted by Crippen LogP contribution is 2.40. The second-order valence-electron chi connectivity index (χ2n) is 10.8. The van der Waals surface area contributed by atoms with Crippen molar-refractivity contribution in [3.05, 3.63) is 71.4 Å². The normalized spacial score (nSPS) is 17.1. The summed E-state index contributed by atoms with van der Waals surface area (Å²) in [6, 6.07) is 5.28. The number of rotatable bonds is 9. The maximum atomic E-state index is 15.4. The molecule has 2 N–H and O–H groups in total. The molecule has 0 radical (unpaired) electrons. The second kappa shape index (κ2) is 12.7. The van der Waals surface area contributed by atoms with Crippen LogP contribution in [0, 0.1) is 17.7 Å². The highest BCUT2D eigenvalue weighted by Gasteiger charge is 2.37. The Labute approximate surface area is 240 Å². The molecule has 1 aromatic carbocycles. The summed E-state index contributed by atoms with van der Waals surface area (Å²) in [5, 5.41) is 12.9. The van der Waals surface area contributed by atoms with Crippen LogP contribution in [0.5, 0.6) is 11.6 Å². The largest absolute Gasteiger partial charge is 0.478 e. The molecule has 1 aliphatic rings. The number of hydrogen-bond donors (Lipinski definition) is 2. The molecule has 12 heteroatoms. The van der Waals surface area contributed by atoms with Crippen LogP contribution in [-0.2, 0) is 17.5 Å². The predicted octanol–water partition coefficient (Wildman–Crippen LogP) is 7.30. The van der Waals surface area contributed by atoms with E-state index < -0.39 is 46.8 Å². The maximum absolute atomic E-state index is 15.4. The van der Waals surface area contributed by atoms with E-state index in [1.165, 1.54) is 11.1 Å². The van der Waals surface area contributed by atoms with Crippen molar-refractivity contribution in [2.24, 2.45) is 11.8 Å². The lowest BCUT2D eigenvalue weighted by molar-refractivity contribution is -0.139. The van der Waals surface area contributed by atoms with E-state index in [4.69, 9.17) is 4.74 Å². The number of hydrogen-bond acceptors (Lipinski definition) is 6. The lowest BCUT2D eigenvalue weighted by Crippen LogP contribution is -2.43. The lowest BCUT2D eigenvalue weighted by atomic mass is 9.82. The first kappa shape index (κ1) is 30.7. The van der Waals surface area contributed by atoms with Gasteiger partial charge in [0.2, 0.25) is 11.8 Å². The summed E-state index contributed by atoms with van der Waals surface area (Å²) < 4.78 is 62.6. The number of aromatic nitrogens is 2. The zero-order chi connectivity index (χ0) is 30.6. The van der Waals surface area contributed by atoms with Crippen LogP contribution in [-0.4, -0.2) is 33.0 Å². The first-order valence-electron chi connectivity index (χ1n) is 13.6. The number of carboxylic acids is 1. The quantitative estimate of drug-likeness (QED) is 0.253. The zero-order valence-corrected chi connectivity index (χ0v) is 23.4. The molecule has 0 aliphatic heterocycles. The molecule has 1 fully saturated rings. The average Bonchev–Trinajstić information content (AvgIpc) is 2.93. The van der Waals surface area contributed by atoms with Crippen molar-refractivity contribution < 1.29 is 37.0 Å². The van der Waals surface area contributed by atoms with Gasteiger partial charge in [0.15, 0.2) is 11.6 Å². The van der Waals surface area contributed by atoms with E-state index in [2.05, 4.69) is 22.2 Å². The molecule has 1 aliphatic carbocycles. The van der Waals surface area contributed by atoms with Gasteiger partial charge in [-0.1, -0.05) is 6.92 Å². The van der Waals surface area contributed by atoms with E-state index >= 15 is 4.39 Å². The van der Waals surface area contributed by atoms with Crippen molar-refractivity contribution >= 4 is 23.3 Å². The van der Waals surface area contributed by atoms with E-state index in [9.17, 15) is 27.9 Å². The highest BCUT2D eigenvalue weighted by atomic mass is 19.4. The molecule has 0 atom stereocenters. The lowest BCUT2D eigenvalue weighted by Gasteiger charge is -2.34. The molecule has 4 rings (SSSR count). The Bertz CT molecular complexity index is 1420. The number of amides is 1. The van der Waals surface area contributed by atoms with Crippen LogP contribution < -0.4 is 15.0 Å². The van der Waals surface area contributed by atoms with Gasteiger partial charge in [0.1, 0.15) is 5.56 Å². The average molecular weight is 589 g/mol. The predicted molar refractivity (Wildman–Crippen MR) is 148 cm³/mol. The SMILES string of the molecule is CC1CCC(C(=O)N(c2cc(F)c(Oc3ncc(CNc4cccnc4)cc3C(F)(F)F)cc2C(=O)O)C(C)C)CC1. The third-order valence-corrected chi connectivity index (χ3v) is 7.24. The summed E-state index contributed by atoms with van der Waals surface area (Å²) in [7, 11) is 0. The summed E-state index contributed by atoms with van der Waals surface area (Å²) in [4.78, 5) is 34.7. The molecule has 2 aromatic heterocycles. The number of ether oxygens (including phenoxy) is 1. The monoisotopic (exact) mass is 588 g/mol. The minimum atomic E-state index is -4.91. The third-order valence-electron chi connectivity index (χ3n) is 7.24. The zero-order valence-electron chi connectivity index (χ0n) is 23.4. The molecule has 42 heavy (non-hydrogen) atoms. The number of alkyl halides is 3. The fraction of sp³-hybridized carbons (Fsp3) is 0.400. The van der Waals surface area contributed by atoms with Crippen molar-refractivity contribution in [3.8, 4) is 11.6 Å². The van der Waals surface area contributed by atoms with Gasteiger partial charge in [-0.05, 0) is 69.2 Å². The standard InChI is InChI=1S/C30H32F4N4O4/c1-17(2)38(28(39)20-8-6-18(3)7-9-20)25-13-24(31)26(12-22(25)29(40)41)42-27-23(30(32,33)34)11-19(15-37-27)14-36-21-5-4-10-35-16-21/h4-5,10-13,15-18,20,36H,6-9,14H2,1-3H3,(H,40,41). The molecule has 8 nitrogen and oxygen atoms in total. The maximum Gasteiger partial charge on any atom is 0.421 e. The Balaban J connectivity index is 1.66. The van der Waals surface area contributed by atoms with Gasteiger partial charge in [0.05, 0.1) is 16.9 Å². The van der Waals surface area contributed by atoms with Crippen LogP contribution in [0.25, 0.3) is 0 Å². The molecule has 0 saturated heterocycles. The Kier molecular flexibility index (Phi) is 9.33. The van der Waals surface area contributed by atoms with Crippen LogP contribution in [0.1, 0.15) is 67.9 Å². The van der Waals surface area contributed by atoms with Crippen molar-refractivity contribution in [1.29, 1.82) is 0 Å². The van der Waals surface area contributed by atoms with Gasteiger partial charge in [-0.2, -0.15) is 13.2 Å². The van der Waals surface area contributed by atoms with Crippen LogP contribution in [0.3, 0.4) is 0 Å². The first-order valence-corrected chi connectivity index (χ1v) is 13.6. The van der Waals surface area contributed by atoms with Crippen molar-refractivity contribution in [1.82, 2.24) is 9.97 Å². The van der Waals surface area contributed by atoms with Crippen LogP contribution in [0.4, 0.5) is 28.9 Å². The number of pyridine rings is 2. The molecule has 0 unspecified atom stereocenters. The fourth-order valence-corrected chi connectivity index (χ4v) is 5.00. The fourth-order valence-electron chi connectivity index (χ4n) is 5.00. The number of carboxylic acid groups (broad SMARTS) is 1. The van der Waals surface area contributed by atoms with Gasteiger partial charge in [-0.25, -0.2) is 14.2 Å². The van der Waals surface area contributed by atoms with Gasteiger partial charge >= 0.3 is 12.1 Å². The van der Waals surface area contributed by atoms with E-state index in [0.29, 0.717) is 24.4 Å². The number of halogens is 4. The summed E-state index contributed by atoms with van der Waals surface area (Å²) >= 11 is 0. The molecular formula is C30H32F4N4O4. The molecule has 1 saturated carbocycles. The van der Waals surface area contributed by atoms with Crippen LogP contribution in [0.2, 0.25) is 0 Å². The summed E-state index contributed by atoms with van der Waals surface area (Å²) in [5.74, 6) is -4.51. The number of carbonyl (C=O) groups excluding carboxylic acids is 1. The molecule has 0 bridgehead atoms. The van der Waals surface area contributed by atoms with E-state index in [1.54, 1.807) is 32.2 Å². The van der Waals surface area contributed by atoms with E-state index in [0.717, 1.165) is 37.2 Å². The van der Waals surface area contributed by atoms with Gasteiger partial charge in [0.25, 0.3) is 0 Å². The number of nitrogens with zero attached hydrogens (tertiary/aromatic N) is 3. The minimum absolute atomic E-state index is 0.00670. The van der Waals surface area contributed by atoms with Crippen molar-refractivity contribution in [2.75, 3.05) is 10.2 Å². The Hall–Kier alpha value is -4.22. The molecule has 1 amide bonds. The van der Waals surface area contributed by atoms with E-state index in [-0.39, 0.29) is 29.6 Å². The Morgan fingerprint density at radius 3 is 2.45 bits per heavy atom. The van der Waals surface area contributed by atoms with Gasteiger partial charge < -0.3 is 20.1 Å². The smallest absolute Gasteiger partial charge is 0.421 e. The number of carbonyl (C=O) groups is 2. The second-order valence-corrected chi connectivity index (χ2v) is 10.8. The van der Waals surface area contributed by atoms with Crippen LogP contribution in [0.15, 0.2) is 48.9 Å². The van der Waals surface area contributed by atoms with Crippen molar-refractivity contribution in [2.45, 2.75) is 65.2 Å². The minimum Gasteiger partial charge on any atom is -0.478 e. The Morgan fingerprint density at radius 2 is 1.86 bits per heavy atom. The Morgan fingerprint density at radius 1 is 1.14 bits per heavy atom. The van der Waals surface area contributed by atoms with E-state index in [1.807, 2.05) is 0 Å². The molecule has 224 valence electrons. The van der Waals surface area contributed by atoms with Crippen molar-refractivity contribution in [3.63, 3.8) is 0 Å². The number of nitrogens with one attached hydrogen (secondary N) is 1. The summed E-state index contributed by atoms with van der Waals surface area (Å²) in [6.45, 7) is 5.46. The van der Waals surface area contributed by atoms with Crippen LogP contribution >= 0.6 is 0 Å². The molecular weight excluding hydrogens is 556 g/mol. The molecule has 2 heterocycles. The summed E-state index contributed by atoms with van der Waals surface area (Å²) in [6.07, 6.45) is 2.26. The van der Waals surface area contributed by atoms with Gasteiger partial charge in [-0.3, -0.25) is 9.78 Å². The van der Waals surface area contributed by atoms with Gasteiger partial charge in [0, 0.05) is 49.2 Å². The number of benzene rings is 1. The summed E-state index contributed by atoms with van der Waals surface area (Å²) in [5.41, 5.74) is -1.18. The number of aromatic carboxylic acids is 1.